The minimum atomic E-state index is -0.274. The molecule has 94 valence electrons. The van der Waals surface area contributed by atoms with Gasteiger partial charge in [0.15, 0.2) is 5.82 Å². The summed E-state index contributed by atoms with van der Waals surface area (Å²) in [5.74, 6) is 0.989. The van der Waals surface area contributed by atoms with Gasteiger partial charge in [0.25, 0.3) is 0 Å². The van der Waals surface area contributed by atoms with E-state index in [9.17, 15) is 4.79 Å². The molecule has 2 atom stereocenters. The van der Waals surface area contributed by atoms with E-state index in [1.54, 1.807) is 0 Å². The molecule has 0 saturated carbocycles. The molecule has 0 aliphatic carbocycles. The number of carbonyl (C=O) groups excluding carboxylic acids is 1. The maximum absolute atomic E-state index is 11.4. The Balaban J connectivity index is 1.63. The second-order valence-electron chi connectivity index (χ2n) is 4.20. The molecule has 0 aromatic carbocycles. The van der Waals surface area contributed by atoms with Gasteiger partial charge in [0, 0.05) is 13.2 Å². The number of anilines is 1. The molecule has 1 aromatic heterocycles. The summed E-state index contributed by atoms with van der Waals surface area (Å²) < 4.78 is 5.55. The van der Waals surface area contributed by atoms with E-state index < -0.39 is 0 Å². The lowest BCUT2D eigenvalue weighted by atomic mass is 10.0. The highest BCUT2D eigenvalue weighted by atomic mass is 16.5. The SMILES string of the molecule is C[C@@H]1CCO[C@@H]1CCNC(=O)Nc1cn[nH]n1. The Hall–Kier alpha value is -1.63. The zero-order valence-electron chi connectivity index (χ0n) is 9.77. The van der Waals surface area contributed by atoms with Crippen molar-refractivity contribution >= 4 is 11.8 Å². The largest absolute Gasteiger partial charge is 0.378 e. The Labute approximate surface area is 99.3 Å². The van der Waals surface area contributed by atoms with Crippen LogP contribution >= 0.6 is 0 Å². The maximum atomic E-state index is 11.4. The van der Waals surface area contributed by atoms with Crippen LogP contribution in [0.25, 0.3) is 0 Å². The number of amides is 2. The summed E-state index contributed by atoms with van der Waals surface area (Å²) in [6.07, 6.45) is 3.66. The fraction of sp³-hybridized carbons (Fsp3) is 0.700. The van der Waals surface area contributed by atoms with Crippen molar-refractivity contribution in [1.82, 2.24) is 20.7 Å². The number of aromatic amines is 1. The average Bonchev–Trinajstić information content (AvgIpc) is 2.91. The van der Waals surface area contributed by atoms with Gasteiger partial charge in [-0.2, -0.15) is 10.3 Å². The van der Waals surface area contributed by atoms with Gasteiger partial charge in [-0.3, -0.25) is 5.32 Å². The van der Waals surface area contributed by atoms with E-state index in [2.05, 4.69) is 33.0 Å². The molecular formula is C10H17N5O2. The fourth-order valence-corrected chi connectivity index (χ4v) is 1.87. The van der Waals surface area contributed by atoms with Gasteiger partial charge >= 0.3 is 6.03 Å². The number of nitrogens with one attached hydrogen (secondary N) is 3. The van der Waals surface area contributed by atoms with Gasteiger partial charge in [-0.05, 0) is 18.8 Å². The number of ether oxygens (including phenoxy) is 1. The molecule has 0 spiro atoms. The number of carbonyl (C=O) groups is 1. The molecule has 1 saturated heterocycles. The van der Waals surface area contributed by atoms with Crippen LogP contribution in [0.3, 0.4) is 0 Å². The molecule has 2 heterocycles. The van der Waals surface area contributed by atoms with Crippen molar-refractivity contribution in [3.05, 3.63) is 6.20 Å². The molecule has 7 nitrogen and oxygen atoms in total. The number of hydrogen-bond donors (Lipinski definition) is 3. The number of H-pyrrole nitrogens is 1. The first-order chi connectivity index (χ1) is 8.25. The number of hydrogen-bond acceptors (Lipinski definition) is 4. The zero-order valence-corrected chi connectivity index (χ0v) is 9.77. The van der Waals surface area contributed by atoms with Gasteiger partial charge in [0.05, 0.1) is 12.3 Å². The van der Waals surface area contributed by atoms with Crippen molar-refractivity contribution in [2.75, 3.05) is 18.5 Å². The first kappa shape index (κ1) is 11.8. The van der Waals surface area contributed by atoms with Crippen LogP contribution in [0.4, 0.5) is 10.6 Å². The van der Waals surface area contributed by atoms with Crippen LogP contribution in [0.15, 0.2) is 6.20 Å². The molecule has 1 aromatic rings. The highest BCUT2D eigenvalue weighted by Gasteiger charge is 2.23. The molecule has 1 aliphatic rings. The van der Waals surface area contributed by atoms with Gasteiger partial charge in [-0.25, -0.2) is 4.79 Å². The first-order valence-corrected chi connectivity index (χ1v) is 5.78. The molecular weight excluding hydrogens is 222 g/mol. The van der Waals surface area contributed by atoms with E-state index in [1.165, 1.54) is 6.20 Å². The second-order valence-corrected chi connectivity index (χ2v) is 4.20. The lowest BCUT2D eigenvalue weighted by Crippen LogP contribution is -2.32. The van der Waals surface area contributed by atoms with Gasteiger partial charge in [0.1, 0.15) is 0 Å². The van der Waals surface area contributed by atoms with Gasteiger partial charge in [-0.1, -0.05) is 6.92 Å². The molecule has 3 N–H and O–H groups in total. The minimum Gasteiger partial charge on any atom is -0.378 e. The Morgan fingerprint density at radius 1 is 1.71 bits per heavy atom. The van der Waals surface area contributed by atoms with Crippen LogP contribution < -0.4 is 10.6 Å². The van der Waals surface area contributed by atoms with Crippen molar-refractivity contribution in [1.29, 1.82) is 0 Å². The summed E-state index contributed by atoms with van der Waals surface area (Å²) in [5, 5.41) is 15.0. The van der Waals surface area contributed by atoms with Crippen LogP contribution in [0.1, 0.15) is 19.8 Å². The summed E-state index contributed by atoms with van der Waals surface area (Å²) in [6, 6.07) is -0.274. The van der Waals surface area contributed by atoms with E-state index in [1.807, 2.05) is 0 Å². The Kier molecular flexibility index (Phi) is 3.92. The second kappa shape index (κ2) is 5.62. The van der Waals surface area contributed by atoms with E-state index in [0.717, 1.165) is 19.4 Å². The molecule has 0 bridgehead atoms. The third-order valence-corrected chi connectivity index (χ3v) is 2.91. The van der Waals surface area contributed by atoms with Crippen molar-refractivity contribution in [2.45, 2.75) is 25.9 Å². The fourth-order valence-electron chi connectivity index (χ4n) is 1.87. The molecule has 0 unspecified atom stereocenters. The summed E-state index contributed by atoms with van der Waals surface area (Å²) in [7, 11) is 0. The normalized spacial score (nSPS) is 23.6. The van der Waals surface area contributed by atoms with Crippen LogP contribution in [0.5, 0.6) is 0 Å². The smallest absolute Gasteiger partial charge is 0.320 e. The van der Waals surface area contributed by atoms with Gasteiger partial charge in [0.2, 0.25) is 0 Å². The quantitative estimate of drug-likeness (QED) is 0.722. The summed E-state index contributed by atoms with van der Waals surface area (Å²) in [5.41, 5.74) is 0. The number of aromatic nitrogens is 3. The monoisotopic (exact) mass is 239 g/mol. The van der Waals surface area contributed by atoms with Crippen LogP contribution in [-0.2, 0) is 4.74 Å². The Morgan fingerprint density at radius 3 is 3.24 bits per heavy atom. The van der Waals surface area contributed by atoms with Crippen molar-refractivity contribution in [3.63, 3.8) is 0 Å². The highest BCUT2D eigenvalue weighted by molar-refractivity contribution is 5.87. The lowest BCUT2D eigenvalue weighted by Gasteiger charge is -2.14. The predicted octanol–water partition coefficient (Wildman–Crippen LogP) is 0.741. The number of urea groups is 1. The van der Waals surface area contributed by atoms with E-state index >= 15 is 0 Å². The van der Waals surface area contributed by atoms with Crippen LogP contribution in [0, 0.1) is 5.92 Å². The summed E-state index contributed by atoms with van der Waals surface area (Å²) in [4.78, 5) is 11.4. The third-order valence-electron chi connectivity index (χ3n) is 2.91. The molecule has 0 radical (unpaired) electrons. The van der Waals surface area contributed by atoms with E-state index in [0.29, 0.717) is 18.3 Å². The topological polar surface area (TPSA) is 91.9 Å². The van der Waals surface area contributed by atoms with E-state index in [4.69, 9.17) is 4.74 Å². The molecule has 17 heavy (non-hydrogen) atoms. The minimum absolute atomic E-state index is 0.266. The van der Waals surface area contributed by atoms with Crippen molar-refractivity contribution in [3.8, 4) is 0 Å². The average molecular weight is 239 g/mol. The molecule has 1 aliphatic heterocycles. The van der Waals surface area contributed by atoms with Crippen molar-refractivity contribution in [2.24, 2.45) is 5.92 Å². The van der Waals surface area contributed by atoms with Gasteiger partial charge in [-0.15, -0.1) is 5.10 Å². The lowest BCUT2D eigenvalue weighted by molar-refractivity contribution is 0.0877. The van der Waals surface area contributed by atoms with Gasteiger partial charge < -0.3 is 10.1 Å². The molecule has 1 fully saturated rings. The number of nitrogens with zero attached hydrogens (tertiary/aromatic N) is 2. The first-order valence-electron chi connectivity index (χ1n) is 5.78. The standard InChI is InChI=1S/C10H17N5O2/c1-7-3-5-17-8(7)2-4-11-10(16)13-9-6-12-15-14-9/h6-8H,2-5H2,1H3,(H3,11,12,13,14,15,16)/t7-,8-/m1/s1. The van der Waals surface area contributed by atoms with Crippen LogP contribution in [-0.4, -0.2) is 40.7 Å². The third kappa shape index (κ3) is 3.42. The zero-order chi connectivity index (χ0) is 12.1. The molecule has 2 amide bonds. The molecule has 7 heteroatoms. The Bertz CT molecular complexity index is 354. The number of rotatable bonds is 4. The Morgan fingerprint density at radius 2 is 2.59 bits per heavy atom. The van der Waals surface area contributed by atoms with Crippen molar-refractivity contribution < 1.29 is 9.53 Å². The van der Waals surface area contributed by atoms with Crippen LogP contribution in [0.2, 0.25) is 0 Å². The summed E-state index contributed by atoms with van der Waals surface area (Å²) >= 11 is 0. The van der Waals surface area contributed by atoms with E-state index in [-0.39, 0.29) is 12.1 Å². The maximum Gasteiger partial charge on any atom is 0.320 e. The molecule has 2 rings (SSSR count). The summed E-state index contributed by atoms with van der Waals surface area (Å²) in [6.45, 7) is 3.60. The highest BCUT2D eigenvalue weighted by Crippen LogP contribution is 2.21. The predicted molar refractivity (Wildman–Crippen MR) is 61.5 cm³/mol.